The van der Waals surface area contributed by atoms with Crippen molar-refractivity contribution in [1.82, 2.24) is 5.16 Å². The van der Waals surface area contributed by atoms with Gasteiger partial charge < -0.3 is 10.3 Å². The normalized spacial score (nSPS) is 10.7. The molecule has 0 saturated heterocycles. The molecule has 3 nitrogen and oxygen atoms in total. The first-order chi connectivity index (χ1) is 9.65. The Labute approximate surface area is 119 Å². The predicted molar refractivity (Wildman–Crippen MR) is 76.8 cm³/mol. The summed E-state index contributed by atoms with van der Waals surface area (Å²) in [5, 5.41) is 4.39. The maximum atomic E-state index is 13.3. The summed E-state index contributed by atoms with van der Waals surface area (Å²) in [6, 6.07) is 13.2. The Hall–Kier alpha value is -2.33. The van der Waals surface area contributed by atoms with Crippen LogP contribution in [0.2, 0.25) is 5.02 Å². The van der Waals surface area contributed by atoms with Gasteiger partial charge in [-0.2, -0.15) is 0 Å². The second kappa shape index (κ2) is 4.98. The van der Waals surface area contributed by atoms with Crippen LogP contribution >= 0.6 is 11.6 Å². The summed E-state index contributed by atoms with van der Waals surface area (Å²) in [5.41, 5.74) is 7.88. The summed E-state index contributed by atoms with van der Waals surface area (Å²) >= 11 is 5.87. The highest BCUT2D eigenvalue weighted by Crippen LogP contribution is 2.36. The SMILES string of the molecule is Nc1noc(-c2cccc(F)c2)c1-c1ccc(Cl)cc1. The largest absolute Gasteiger partial charge is 0.380 e. The molecule has 0 saturated carbocycles. The average Bonchev–Trinajstić information content (AvgIpc) is 2.82. The third kappa shape index (κ3) is 2.26. The van der Waals surface area contributed by atoms with Crippen molar-refractivity contribution < 1.29 is 8.91 Å². The first-order valence-corrected chi connectivity index (χ1v) is 6.30. The van der Waals surface area contributed by atoms with E-state index in [1.807, 2.05) is 12.1 Å². The smallest absolute Gasteiger partial charge is 0.177 e. The summed E-state index contributed by atoms with van der Waals surface area (Å²) in [6.45, 7) is 0. The number of rotatable bonds is 2. The van der Waals surface area contributed by atoms with E-state index in [0.29, 0.717) is 21.9 Å². The van der Waals surface area contributed by atoms with Crippen LogP contribution < -0.4 is 5.73 Å². The van der Waals surface area contributed by atoms with Crippen LogP contribution in [0.5, 0.6) is 0 Å². The second-order valence-corrected chi connectivity index (χ2v) is 4.73. The van der Waals surface area contributed by atoms with Crippen LogP contribution in [0.25, 0.3) is 22.5 Å². The predicted octanol–water partition coefficient (Wildman–Crippen LogP) is 4.38. The first kappa shape index (κ1) is 12.7. The first-order valence-electron chi connectivity index (χ1n) is 5.92. The molecule has 0 spiro atoms. The fourth-order valence-electron chi connectivity index (χ4n) is 2.02. The van der Waals surface area contributed by atoms with E-state index in [2.05, 4.69) is 5.16 Å². The van der Waals surface area contributed by atoms with Gasteiger partial charge >= 0.3 is 0 Å². The van der Waals surface area contributed by atoms with Crippen molar-refractivity contribution in [3.05, 3.63) is 59.4 Å². The summed E-state index contributed by atoms with van der Waals surface area (Å²) < 4.78 is 18.6. The number of hydrogen-bond acceptors (Lipinski definition) is 3. The van der Waals surface area contributed by atoms with Crippen molar-refractivity contribution >= 4 is 17.4 Å². The van der Waals surface area contributed by atoms with E-state index in [0.717, 1.165) is 5.56 Å². The molecule has 5 heteroatoms. The maximum absolute atomic E-state index is 13.3. The molecule has 0 aliphatic heterocycles. The second-order valence-electron chi connectivity index (χ2n) is 4.29. The molecule has 2 aromatic carbocycles. The van der Waals surface area contributed by atoms with Crippen LogP contribution in [0.4, 0.5) is 10.2 Å². The molecular weight excluding hydrogens is 279 g/mol. The number of benzene rings is 2. The van der Waals surface area contributed by atoms with Crippen molar-refractivity contribution in [3.63, 3.8) is 0 Å². The third-order valence-corrected chi connectivity index (χ3v) is 3.19. The van der Waals surface area contributed by atoms with Crippen molar-refractivity contribution in [2.45, 2.75) is 0 Å². The molecular formula is C15H10ClFN2O. The van der Waals surface area contributed by atoms with Crippen molar-refractivity contribution in [1.29, 1.82) is 0 Å². The maximum Gasteiger partial charge on any atom is 0.177 e. The molecule has 1 aromatic heterocycles. The number of nitrogens with zero attached hydrogens (tertiary/aromatic N) is 1. The van der Waals surface area contributed by atoms with Gasteiger partial charge in [0.2, 0.25) is 0 Å². The van der Waals surface area contributed by atoms with E-state index >= 15 is 0 Å². The molecule has 2 N–H and O–H groups in total. The fourth-order valence-corrected chi connectivity index (χ4v) is 2.15. The van der Waals surface area contributed by atoms with E-state index in [1.165, 1.54) is 12.1 Å². The van der Waals surface area contributed by atoms with Crippen LogP contribution in [0, 0.1) is 5.82 Å². The van der Waals surface area contributed by atoms with Gasteiger partial charge in [0.15, 0.2) is 11.6 Å². The van der Waals surface area contributed by atoms with Gasteiger partial charge in [-0.15, -0.1) is 0 Å². The topological polar surface area (TPSA) is 52.0 Å². The van der Waals surface area contributed by atoms with Crippen LogP contribution in [0.1, 0.15) is 0 Å². The third-order valence-electron chi connectivity index (χ3n) is 2.94. The standard InChI is InChI=1S/C15H10ClFN2O/c16-11-6-4-9(5-7-11)13-14(20-19-15(13)18)10-2-1-3-12(17)8-10/h1-8H,(H2,18,19). The highest BCUT2D eigenvalue weighted by molar-refractivity contribution is 6.30. The van der Waals surface area contributed by atoms with Gasteiger partial charge in [-0.05, 0) is 29.8 Å². The molecule has 0 aliphatic rings. The van der Waals surface area contributed by atoms with E-state index in [4.69, 9.17) is 21.9 Å². The van der Waals surface area contributed by atoms with Gasteiger partial charge in [-0.25, -0.2) is 4.39 Å². The van der Waals surface area contributed by atoms with Crippen molar-refractivity contribution in [3.8, 4) is 22.5 Å². The lowest BCUT2D eigenvalue weighted by atomic mass is 10.0. The Morgan fingerprint density at radius 2 is 1.80 bits per heavy atom. The summed E-state index contributed by atoms with van der Waals surface area (Å²) in [6.07, 6.45) is 0. The summed E-state index contributed by atoms with van der Waals surface area (Å²) in [4.78, 5) is 0. The zero-order valence-electron chi connectivity index (χ0n) is 10.3. The van der Waals surface area contributed by atoms with E-state index in [1.54, 1.807) is 24.3 Å². The number of nitrogens with two attached hydrogens (primary N) is 1. The molecule has 0 atom stereocenters. The minimum Gasteiger partial charge on any atom is -0.380 e. The zero-order chi connectivity index (χ0) is 14.1. The van der Waals surface area contributed by atoms with Crippen LogP contribution in [-0.4, -0.2) is 5.16 Å². The molecule has 1 heterocycles. The Kier molecular flexibility index (Phi) is 3.16. The highest BCUT2D eigenvalue weighted by atomic mass is 35.5. The van der Waals surface area contributed by atoms with Crippen LogP contribution in [0.3, 0.4) is 0 Å². The number of hydrogen-bond donors (Lipinski definition) is 1. The van der Waals surface area contributed by atoms with Gasteiger partial charge in [0.05, 0.1) is 5.56 Å². The fraction of sp³-hybridized carbons (Fsp3) is 0. The lowest BCUT2D eigenvalue weighted by molar-refractivity contribution is 0.436. The summed E-state index contributed by atoms with van der Waals surface area (Å²) in [7, 11) is 0. The van der Waals surface area contributed by atoms with Gasteiger partial charge in [0, 0.05) is 10.6 Å². The lowest BCUT2D eigenvalue weighted by Gasteiger charge is -2.03. The molecule has 0 radical (unpaired) electrons. The van der Waals surface area contributed by atoms with Crippen molar-refractivity contribution in [2.24, 2.45) is 0 Å². The van der Waals surface area contributed by atoms with Gasteiger partial charge in [-0.1, -0.05) is 41.0 Å². The molecule has 3 rings (SSSR count). The minimum atomic E-state index is -0.348. The quantitative estimate of drug-likeness (QED) is 0.761. The van der Waals surface area contributed by atoms with Crippen LogP contribution in [-0.2, 0) is 0 Å². The highest BCUT2D eigenvalue weighted by Gasteiger charge is 2.17. The zero-order valence-corrected chi connectivity index (χ0v) is 11.1. The summed E-state index contributed by atoms with van der Waals surface area (Å²) in [5.74, 6) is 0.343. The Morgan fingerprint density at radius 3 is 2.50 bits per heavy atom. The molecule has 0 unspecified atom stereocenters. The molecule has 3 aromatic rings. The number of halogens is 2. The van der Waals surface area contributed by atoms with Crippen molar-refractivity contribution in [2.75, 3.05) is 5.73 Å². The van der Waals surface area contributed by atoms with Gasteiger partial charge in [-0.3, -0.25) is 0 Å². The number of aromatic nitrogens is 1. The number of nitrogen functional groups attached to an aromatic ring is 1. The number of anilines is 1. The average molecular weight is 289 g/mol. The van der Waals surface area contributed by atoms with Crippen LogP contribution in [0.15, 0.2) is 53.1 Å². The van der Waals surface area contributed by atoms with E-state index < -0.39 is 0 Å². The molecule has 0 fully saturated rings. The minimum absolute atomic E-state index is 0.256. The Morgan fingerprint density at radius 1 is 1.05 bits per heavy atom. The lowest BCUT2D eigenvalue weighted by Crippen LogP contribution is -1.89. The molecule has 0 amide bonds. The Bertz CT molecular complexity index is 753. The van der Waals surface area contributed by atoms with Gasteiger partial charge in [0.25, 0.3) is 0 Å². The van der Waals surface area contributed by atoms with Gasteiger partial charge in [0.1, 0.15) is 5.82 Å². The Balaban J connectivity index is 2.17. The van der Waals surface area contributed by atoms with E-state index in [9.17, 15) is 4.39 Å². The van der Waals surface area contributed by atoms with E-state index in [-0.39, 0.29) is 11.6 Å². The molecule has 0 aliphatic carbocycles. The molecule has 0 bridgehead atoms. The monoisotopic (exact) mass is 288 g/mol. The molecule has 20 heavy (non-hydrogen) atoms. The molecule has 100 valence electrons.